The molecule has 1 heterocycles. The van der Waals surface area contributed by atoms with Crippen LogP contribution in [0.15, 0.2) is 18.2 Å². The van der Waals surface area contributed by atoms with Gasteiger partial charge in [-0.1, -0.05) is 11.6 Å². The maximum Gasteiger partial charge on any atom is 0.168 e. The Morgan fingerprint density at radius 2 is 2.25 bits per heavy atom. The lowest BCUT2D eigenvalue weighted by Crippen LogP contribution is -1.98. The minimum Gasteiger partial charge on any atom is -0.368 e. The van der Waals surface area contributed by atoms with Crippen LogP contribution in [0.4, 0.5) is 10.2 Å². The first kappa shape index (κ1) is 11.3. The number of rotatable bonds is 3. The zero-order valence-corrected chi connectivity index (χ0v) is 10.1. The number of benzene rings is 1. The number of aromatic nitrogens is 2. The van der Waals surface area contributed by atoms with Crippen LogP contribution >= 0.6 is 23.3 Å². The third-order valence-corrected chi connectivity index (χ3v) is 2.87. The number of halogens is 2. The van der Waals surface area contributed by atoms with E-state index in [0.29, 0.717) is 22.1 Å². The minimum atomic E-state index is -0.338. The van der Waals surface area contributed by atoms with Gasteiger partial charge in [0.1, 0.15) is 11.5 Å². The van der Waals surface area contributed by atoms with E-state index >= 15 is 0 Å². The van der Waals surface area contributed by atoms with Gasteiger partial charge < -0.3 is 5.32 Å². The maximum absolute atomic E-state index is 13.1. The molecule has 0 saturated heterocycles. The summed E-state index contributed by atoms with van der Waals surface area (Å²) in [6.45, 7) is 2.68. The summed E-state index contributed by atoms with van der Waals surface area (Å²) in [5.41, 5.74) is 1.16. The van der Waals surface area contributed by atoms with Gasteiger partial charge >= 0.3 is 0 Å². The maximum atomic E-state index is 13.1. The molecule has 2 aromatic rings. The van der Waals surface area contributed by atoms with Crippen molar-refractivity contribution in [3.8, 4) is 11.3 Å². The lowest BCUT2D eigenvalue weighted by Gasteiger charge is -2.04. The SMILES string of the molecule is CCNc1nsnc1-c1cc(F)ccc1Cl. The molecule has 0 saturated carbocycles. The third-order valence-electron chi connectivity index (χ3n) is 2.02. The van der Waals surface area contributed by atoms with Crippen LogP contribution in [0.3, 0.4) is 0 Å². The van der Waals surface area contributed by atoms with Crippen LogP contribution in [-0.2, 0) is 0 Å². The summed E-state index contributed by atoms with van der Waals surface area (Å²) in [6, 6.07) is 4.19. The molecule has 0 radical (unpaired) electrons. The van der Waals surface area contributed by atoms with Gasteiger partial charge in [-0.05, 0) is 25.1 Å². The molecule has 0 aliphatic heterocycles. The Balaban J connectivity index is 2.49. The first-order chi connectivity index (χ1) is 7.72. The zero-order valence-electron chi connectivity index (χ0n) is 8.50. The smallest absolute Gasteiger partial charge is 0.168 e. The molecule has 1 aromatic carbocycles. The molecule has 16 heavy (non-hydrogen) atoms. The van der Waals surface area contributed by atoms with Crippen molar-refractivity contribution in [1.82, 2.24) is 8.75 Å². The van der Waals surface area contributed by atoms with Gasteiger partial charge in [0, 0.05) is 12.1 Å². The molecular formula is C10H9ClFN3S. The highest BCUT2D eigenvalue weighted by Crippen LogP contribution is 2.32. The van der Waals surface area contributed by atoms with E-state index in [-0.39, 0.29) is 5.82 Å². The van der Waals surface area contributed by atoms with E-state index in [2.05, 4.69) is 14.1 Å². The molecule has 1 N–H and O–H groups in total. The van der Waals surface area contributed by atoms with Crippen LogP contribution in [-0.4, -0.2) is 15.3 Å². The van der Waals surface area contributed by atoms with E-state index in [1.165, 1.54) is 18.2 Å². The standard InChI is InChI=1S/C10H9ClFN3S/c1-2-13-10-9(14-16-15-10)7-5-6(12)3-4-8(7)11/h3-5H,2H2,1H3,(H,13,15). The molecule has 0 fully saturated rings. The molecule has 0 spiro atoms. The number of hydrogen-bond acceptors (Lipinski definition) is 4. The van der Waals surface area contributed by atoms with E-state index < -0.39 is 0 Å². The normalized spacial score (nSPS) is 10.4. The predicted molar refractivity (Wildman–Crippen MR) is 64.5 cm³/mol. The van der Waals surface area contributed by atoms with Crippen LogP contribution in [0, 0.1) is 5.82 Å². The van der Waals surface area contributed by atoms with Crippen molar-refractivity contribution in [2.45, 2.75) is 6.92 Å². The number of anilines is 1. The Labute approximate surface area is 102 Å². The van der Waals surface area contributed by atoms with Crippen molar-refractivity contribution in [2.75, 3.05) is 11.9 Å². The zero-order chi connectivity index (χ0) is 11.5. The second kappa shape index (κ2) is 4.76. The molecule has 1 aromatic heterocycles. The monoisotopic (exact) mass is 257 g/mol. The van der Waals surface area contributed by atoms with Crippen molar-refractivity contribution < 1.29 is 4.39 Å². The fourth-order valence-electron chi connectivity index (χ4n) is 1.33. The van der Waals surface area contributed by atoms with Crippen molar-refractivity contribution in [1.29, 1.82) is 0 Å². The summed E-state index contributed by atoms with van der Waals surface area (Å²) in [5.74, 6) is 0.301. The number of nitrogens with one attached hydrogen (secondary N) is 1. The second-order valence-corrected chi connectivity index (χ2v) is 4.05. The number of nitrogens with zero attached hydrogens (tertiary/aromatic N) is 2. The highest BCUT2D eigenvalue weighted by molar-refractivity contribution is 6.99. The van der Waals surface area contributed by atoms with Crippen LogP contribution in [0.5, 0.6) is 0 Å². The summed E-state index contributed by atoms with van der Waals surface area (Å²) in [6.07, 6.45) is 0. The molecule has 0 aliphatic carbocycles. The van der Waals surface area contributed by atoms with Gasteiger partial charge in [0.25, 0.3) is 0 Å². The third kappa shape index (κ3) is 2.15. The molecule has 84 valence electrons. The van der Waals surface area contributed by atoms with E-state index in [1.54, 1.807) is 0 Å². The largest absolute Gasteiger partial charge is 0.368 e. The molecule has 3 nitrogen and oxygen atoms in total. The van der Waals surface area contributed by atoms with Crippen molar-refractivity contribution in [3.05, 3.63) is 29.0 Å². The Hall–Kier alpha value is -1.20. The van der Waals surface area contributed by atoms with Crippen molar-refractivity contribution >= 4 is 29.1 Å². The topological polar surface area (TPSA) is 37.8 Å². The Kier molecular flexibility index (Phi) is 3.36. The summed E-state index contributed by atoms with van der Waals surface area (Å²) in [5, 5.41) is 3.52. The summed E-state index contributed by atoms with van der Waals surface area (Å²) in [7, 11) is 0. The van der Waals surface area contributed by atoms with Gasteiger partial charge in [-0.15, -0.1) is 0 Å². The van der Waals surface area contributed by atoms with Crippen molar-refractivity contribution in [2.24, 2.45) is 0 Å². The van der Waals surface area contributed by atoms with E-state index in [4.69, 9.17) is 11.6 Å². The van der Waals surface area contributed by atoms with Gasteiger partial charge in [0.2, 0.25) is 0 Å². The molecule has 0 atom stereocenters. The molecular weight excluding hydrogens is 249 g/mol. The first-order valence-corrected chi connectivity index (χ1v) is 5.85. The Morgan fingerprint density at radius 3 is 3.00 bits per heavy atom. The van der Waals surface area contributed by atoms with Crippen LogP contribution < -0.4 is 5.32 Å². The summed E-state index contributed by atoms with van der Waals surface area (Å²) in [4.78, 5) is 0. The predicted octanol–water partition coefficient (Wildman–Crippen LogP) is 3.43. The molecule has 0 unspecified atom stereocenters. The Bertz CT molecular complexity index is 501. The highest BCUT2D eigenvalue weighted by Gasteiger charge is 2.13. The van der Waals surface area contributed by atoms with Gasteiger partial charge in [0.05, 0.1) is 16.8 Å². The molecule has 2 rings (SSSR count). The summed E-state index contributed by atoms with van der Waals surface area (Å²) < 4.78 is 21.3. The lowest BCUT2D eigenvalue weighted by atomic mass is 10.1. The lowest BCUT2D eigenvalue weighted by molar-refractivity contribution is 0.628. The number of hydrogen-bond donors (Lipinski definition) is 1. The second-order valence-electron chi connectivity index (χ2n) is 3.12. The van der Waals surface area contributed by atoms with Crippen LogP contribution in [0.1, 0.15) is 6.92 Å². The fraction of sp³-hybridized carbons (Fsp3) is 0.200. The Morgan fingerprint density at radius 1 is 1.44 bits per heavy atom. The first-order valence-electron chi connectivity index (χ1n) is 4.74. The molecule has 0 bridgehead atoms. The fourth-order valence-corrected chi connectivity index (χ4v) is 2.07. The highest BCUT2D eigenvalue weighted by atomic mass is 35.5. The van der Waals surface area contributed by atoms with Gasteiger partial charge in [-0.25, -0.2) is 4.39 Å². The van der Waals surface area contributed by atoms with E-state index in [9.17, 15) is 4.39 Å². The average Bonchev–Trinajstić information content (AvgIpc) is 2.70. The molecule has 0 amide bonds. The summed E-state index contributed by atoms with van der Waals surface area (Å²) >= 11 is 7.07. The van der Waals surface area contributed by atoms with E-state index in [1.807, 2.05) is 6.92 Å². The van der Waals surface area contributed by atoms with E-state index in [0.717, 1.165) is 18.3 Å². The van der Waals surface area contributed by atoms with Crippen LogP contribution in [0.25, 0.3) is 11.3 Å². The van der Waals surface area contributed by atoms with Gasteiger partial charge in [0.15, 0.2) is 5.82 Å². The molecule has 0 aliphatic rings. The van der Waals surface area contributed by atoms with Gasteiger partial charge in [-0.3, -0.25) is 0 Å². The van der Waals surface area contributed by atoms with Gasteiger partial charge in [-0.2, -0.15) is 8.75 Å². The molecule has 6 heteroatoms. The average molecular weight is 258 g/mol. The minimum absolute atomic E-state index is 0.338. The van der Waals surface area contributed by atoms with Crippen LogP contribution in [0.2, 0.25) is 5.02 Å². The quantitative estimate of drug-likeness (QED) is 0.915. The van der Waals surface area contributed by atoms with Crippen molar-refractivity contribution in [3.63, 3.8) is 0 Å².